The van der Waals surface area contributed by atoms with Crippen molar-refractivity contribution in [2.45, 2.75) is 57.4 Å². The molecule has 2 amide bonds. The lowest BCUT2D eigenvalue weighted by atomic mass is 10.0. The molecule has 2 aromatic rings. The van der Waals surface area contributed by atoms with Gasteiger partial charge in [-0.15, -0.1) is 0 Å². The Kier molecular flexibility index (Phi) is 4.59. The largest absolute Gasteiger partial charge is 0.507 e. The molecule has 27 heavy (non-hydrogen) atoms. The third kappa shape index (κ3) is 3.82. The molecule has 142 valence electrons. The van der Waals surface area contributed by atoms with Crippen molar-refractivity contribution in [1.29, 1.82) is 0 Å². The standard InChI is InChI=1S/C20H24N4O3/c1-12(25)21-15-8-9-19(26)16(10-15)17-11-18(13-4-2-3-5-13)24(23-17)20(27)22-14-6-7-14/h8-11,13-14,26H,2-7H2,1H3,(H,21,25)(H,22,27). The molecule has 0 unspecified atom stereocenters. The number of nitrogens with one attached hydrogen (secondary N) is 2. The van der Waals surface area contributed by atoms with Crippen molar-refractivity contribution >= 4 is 17.6 Å². The summed E-state index contributed by atoms with van der Waals surface area (Å²) in [5.74, 6) is 0.179. The summed E-state index contributed by atoms with van der Waals surface area (Å²) in [7, 11) is 0. The van der Waals surface area contributed by atoms with Crippen molar-refractivity contribution < 1.29 is 14.7 Å². The van der Waals surface area contributed by atoms with Gasteiger partial charge in [0.05, 0.1) is 11.4 Å². The summed E-state index contributed by atoms with van der Waals surface area (Å²) in [6, 6.07) is 6.78. The Morgan fingerprint density at radius 1 is 1.15 bits per heavy atom. The summed E-state index contributed by atoms with van der Waals surface area (Å²) in [6.07, 6.45) is 6.41. The van der Waals surface area contributed by atoms with Gasteiger partial charge in [-0.1, -0.05) is 12.8 Å². The molecule has 7 heteroatoms. The van der Waals surface area contributed by atoms with Crippen LogP contribution in [0.5, 0.6) is 5.75 Å². The van der Waals surface area contributed by atoms with Gasteiger partial charge in [-0.3, -0.25) is 4.79 Å². The average Bonchev–Trinajstić information content (AvgIpc) is 3.12. The molecule has 0 radical (unpaired) electrons. The fourth-order valence-corrected chi connectivity index (χ4v) is 3.69. The quantitative estimate of drug-likeness (QED) is 0.719. The van der Waals surface area contributed by atoms with E-state index in [0.717, 1.165) is 44.2 Å². The van der Waals surface area contributed by atoms with Crippen LogP contribution < -0.4 is 10.6 Å². The van der Waals surface area contributed by atoms with Gasteiger partial charge in [-0.05, 0) is 49.9 Å². The Morgan fingerprint density at radius 2 is 1.89 bits per heavy atom. The van der Waals surface area contributed by atoms with E-state index in [9.17, 15) is 14.7 Å². The molecule has 0 atom stereocenters. The zero-order valence-corrected chi connectivity index (χ0v) is 15.4. The molecule has 0 saturated heterocycles. The van der Waals surface area contributed by atoms with Crippen molar-refractivity contribution in [3.05, 3.63) is 30.0 Å². The van der Waals surface area contributed by atoms with Gasteiger partial charge in [0.2, 0.25) is 5.91 Å². The smallest absolute Gasteiger partial charge is 0.342 e. The van der Waals surface area contributed by atoms with E-state index < -0.39 is 0 Å². The molecule has 0 spiro atoms. The van der Waals surface area contributed by atoms with Crippen LogP contribution in [0, 0.1) is 0 Å². The first kappa shape index (κ1) is 17.6. The van der Waals surface area contributed by atoms with E-state index in [1.54, 1.807) is 12.1 Å². The third-order valence-corrected chi connectivity index (χ3v) is 5.20. The fourth-order valence-electron chi connectivity index (χ4n) is 3.69. The van der Waals surface area contributed by atoms with Crippen LogP contribution in [0.25, 0.3) is 11.3 Å². The Balaban J connectivity index is 1.72. The highest BCUT2D eigenvalue weighted by atomic mass is 16.3. The maximum absolute atomic E-state index is 12.7. The number of aromatic hydroxyl groups is 1. The highest BCUT2D eigenvalue weighted by Crippen LogP contribution is 2.38. The van der Waals surface area contributed by atoms with Gasteiger partial charge in [-0.25, -0.2) is 4.79 Å². The second-order valence-electron chi connectivity index (χ2n) is 7.48. The highest BCUT2D eigenvalue weighted by Gasteiger charge is 2.29. The lowest BCUT2D eigenvalue weighted by Crippen LogP contribution is -2.32. The first-order valence-electron chi connectivity index (χ1n) is 9.53. The first-order chi connectivity index (χ1) is 13.0. The summed E-state index contributed by atoms with van der Waals surface area (Å²) in [4.78, 5) is 24.0. The number of hydrogen-bond acceptors (Lipinski definition) is 4. The first-order valence-corrected chi connectivity index (χ1v) is 9.53. The number of anilines is 1. The molecule has 2 aliphatic rings. The second kappa shape index (κ2) is 7.06. The van der Waals surface area contributed by atoms with Crippen molar-refractivity contribution in [3.8, 4) is 17.0 Å². The predicted molar refractivity (Wildman–Crippen MR) is 102 cm³/mol. The van der Waals surface area contributed by atoms with Crippen LogP contribution in [0.1, 0.15) is 57.1 Å². The molecular formula is C20H24N4O3. The topological polar surface area (TPSA) is 96.2 Å². The van der Waals surface area contributed by atoms with Gasteiger partial charge >= 0.3 is 6.03 Å². The van der Waals surface area contributed by atoms with E-state index in [0.29, 0.717) is 22.9 Å². The van der Waals surface area contributed by atoms with Crippen LogP contribution in [0.2, 0.25) is 0 Å². The fraction of sp³-hybridized carbons (Fsp3) is 0.450. The van der Waals surface area contributed by atoms with E-state index in [-0.39, 0.29) is 23.7 Å². The normalized spacial score (nSPS) is 17.1. The molecule has 0 bridgehead atoms. The minimum Gasteiger partial charge on any atom is -0.507 e. The van der Waals surface area contributed by atoms with E-state index in [2.05, 4.69) is 15.7 Å². The lowest BCUT2D eigenvalue weighted by molar-refractivity contribution is -0.114. The summed E-state index contributed by atoms with van der Waals surface area (Å²) >= 11 is 0. The Labute approximate surface area is 157 Å². The Bertz CT molecular complexity index is 879. The van der Waals surface area contributed by atoms with Gasteiger partial charge < -0.3 is 15.7 Å². The van der Waals surface area contributed by atoms with E-state index in [4.69, 9.17) is 0 Å². The molecule has 2 fully saturated rings. The number of phenols is 1. The summed E-state index contributed by atoms with van der Waals surface area (Å²) in [6.45, 7) is 1.43. The van der Waals surface area contributed by atoms with Gasteiger partial charge in [-0.2, -0.15) is 9.78 Å². The number of carbonyl (C=O) groups excluding carboxylic acids is 2. The predicted octanol–water partition coefficient (Wildman–Crippen LogP) is 3.59. The zero-order chi connectivity index (χ0) is 19.0. The number of nitrogens with zero attached hydrogens (tertiary/aromatic N) is 2. The van der Waals surface area contributed by atoms with Crippen molar-refractivity contribution in [3.63, 3.8) is 0 Å². The van der Waals surface area contributed by atoms with Crippen LogP contribution in [0.3, 0.4) is 0 Å². The molecule has 7 nitrogen and oxygen atoms in total. The van der Waals surface area contributed by atoms with Gasteiger partial charge in [0.25, 0.3) is 0 Å². The van der Waals surface area contributed by atoms with Crippen LogP contribution in [0.15, 0.2) is 24.3 Å². The molecule has 1 heterocycles. The van der Waals surface area contributed by atoms with Crippen LogP contribution in [-0.4, -0.2) is 32.9 Å². The van der Waals surface area contributed by atoms with Crippen molar-refractivity contribution in [2.24, 2.45) is 0 Å². The molecule has 2 aliphatic carbocycles. The molecule has 1 aromatic carbocycles. The lowest BCUT2D eigenvalue weighted by Gasteiger charge is -2.11. The van der Waals surface area contributed by atoms with Crippen LogP contribution in [0.4, 0.5) is 10.5 Å². The number of hydrogen-bond donors (Lipinski definition) is 3. The molecule has 0 aliphatic heterocycles. The summed E-state index contributed by atoms with van der Waals surface area (Å²) in [5.41, 5.74) is 2.51. The molecule has 2 saturated carbocycles. The Morgan fingerprint density at radius 3 is 2.56 bits per heavy atom. The van der Waals surface area contributed by atoms with Gasteiger partial charge in [0, 0.05) is 30.1 Å². The Hall–Kier alpha value is -2.83. The monoisotopic (exact) mass is 368 g/mol. The van der Waals surface area contributed by atoms with Gasteiger partial charge in [0.15, 0.2) is 0 Å². The SMILES string of the molecule is CC(=O)Nc1ccc(O)c(-c2cc(C3CCCC3)n(C(=O)NC3CC3)n2)c1. The summed E-state index contributed by atoms with van der Waals surface area (Å²) < 4.78 is 1.47. The third-order valence-electron chi connectivity index (χ3n) is 5.20. The second-order valence-corrected chi connectivity index (χ2v) is 7.48. The molecule has 3 N–H and O–H groups in total. The number of amides is 2. The number of rotatable bonds is 4. The van der Waals surface area contributed by atoms with E-state index in [1.165, 1.54) is 17.7 Å². The minimum absolute atomic E-state index is 0.0642. The maximum Gasteiger partial charge on any atom is 0.342 e. The molecular weight excluding hydrogens is 344 g/mol. The van der Waals surface area contributed by atoms with Crippen molar-refractivity contribution in [1.82, 2.24) is 15.1 Å². The average molecular weight is 368 g/mol. The number of benzene rings is 1. The molecule has 1 aromatic heterocycles. The zero-order valence-electron chi connectivity index (χ0n) is 15.4. The summed E-state index contributed by atoms with van der Waals surface area (Å²) in [5, 5.41) is 20.5. The van der Waals surface area contributed by atoms with E-state index in [1.807, 2.05) is 6.07 Å². The van der Waals surface area contributed by atoms with Crippen LogP contribution >= 0.6 is 0 Å². The van der Waals surface area contributed by atoms with Crippen molar-refractivity contribution in [2.75, 3.05) is 5.32 Å². The highest BCUT2D eigenvalue weighted by molar-refractivity contribution is 5.90. The minimum atomic E-state index is -0.205. The van der Waals surface area contributed by atoms with Gasteiger partial charge in [0.1, 0.15) is 5.75 Å². The van der Waals surface area contributed by atoms with E-state index >= 15 is 0 Å². The number of carbonyl (C=O) groups is 2. The maximum atomic E-state index is 12.7. The number of phenolic OH excluding ortho intramolecular Hbond substituents is 1. The number of aromatic nitrogens is 2. The molecule has 4 rings (SSSR count). The van der Waals surface area contributed by atoms with Crippen LogP contribution in [-0.2, 0) is 4.79 Å².